The van der Waals surface area contributed by atoms with Crippen LogP contribution in [0, 0.1) is 5.92 Å². The number of hydrogen-bond acceptors (Lipinski definition) is 6. The minimum Gasteiger partial charge on any atom is -0.486 e. The molecular weight excluding hydrogens is 370 g/mol. The zero-order valence-electron chi connectivity index (χ0n) is 16.3. The highest BCUT2D eigenvalue weighted by Crippen LogP contribution is 2.33. The van der Waals surface area contributed by atoms with Crippen LogP contribution in [0.2, 0.25) is 0 Å². The molecule has 146 valence electrons. The van der Waals surface area contributed by atoms with Gasteiger partial charge in [-0.1, -0.05) is 32.0 Å². The van der Waals surface area contributed by atoms with Gasteiger partial charge in [0.05, 0.1) is 0 Å². The molecule has 6 nitrogen and oxygen atoms in total. The van der Waals surface area contributed by atoms with Gasteiger partial charge in [0.1, 0.15) is 23.7 Å². The predicted octanol–water partition coefficient (Wildman–Crippen LogP) is 4.33. The van der Waals surface area contributed by atoms with E-state index < -0.39 is 0 Å². The topological polar surface area (TPSA) is 65.7 Å². The normalized spacial score (nSPS) is 13.1. The Hall–Kier alpha value is -2.41. The van der Waals surface area contributed by atoms with Crippen molar-refractivity contribution in [1.82, 2.24) is 24.7 Å². The second-order valence-corrected chi connectivity index (χ2v) is 8.35. The van der Waals surface area contributed by atoms with Crippen molar-refractivity contribution in [2.75, 3.05) is 0 Å². The van der Waals surface area contributed by atoms with Crippen LogP contribution in [0.25, 0.3) is 0 Å². The molecule has 1 aromatic carbocycles. The van der Waals surface area contributed by atoms with Crippen LogP contribution in [0.4, 0.5) is 0 Å². The smallest absolute Gasteiger partial charge is 0.197 e. The molecule has 0 radical (unpaired) electrons. The first-order chi connectivity index (χ1) is 13.7. The molecule has 0 saturated carbocycles. The minimum absolute atomic E-state index is 0.400. The van der Waals surface area contributed by atoms with E-state index in [0.29, 0.717) is 12.5 Å². The SMILES string of the molecule is CC(C)CCn1c(COc2ccccc2)nnc1Sc1ncnc2c1CCC2. The number of hydrogen-bond donors (Lipinski definition) is 0. The van der Waals surface area contributed by atoms with Crippen molar-refractivity contribution in [1.29, 1.82) is 0 Å². The lowest BCUT2D eigenvalue weighted by molar-refractivity contribution is 0.285. The van der Waals surface area contributed by atoms with Crippen LogP contribution in [-0.4, -0.2) is 24.7 Å². The summed E-state index contributed by atoms with van der Waals surface area (Å²) in [5.41, 5.74) is 2.45. The first kappa shape index (κ1) is 18.9. The van der Waals surface area contributed by atoms with E-state index in [1.807, 2.05) is 30.3 Å². The number of fused-ring (bicyclic) bond motifs is 1. The van der Waals surface area contributed by atoms with Crippen LogP contribution in [0.15, 0.2) is 46.8 Å². The van der Waals surface area contributed by atoms with Gasteiger partial charge in [-0.2, -0.15) is 0 Å². The maximum atomic E-state index is 5.92. The van der Waals surface area contributed by atoms with Gasteiger partial charge < -0.3 is 9.30 Å². The molecule has 0 atom stereocenters. The molecule has 28 heavy (non-hydrogen) atoms. The van der Waals surface area contributed by atoms with E-state index in [9.17, 15) is 0 Å². The zero-order chi connectivity index (χ0) is 19.3. The number of nitrogens with zero attached hydrogens (tertiary/aromatic N) is 5. The second-order valence-electron chi connectivity index (χ2n) is 7.39. The number of aromatic nitrogens is 5. The van der Waals surface area contributed by atoms with Crippen molar-refractivity contribution in [3.05, 3.63) is 53.7 Å². The molecule has 0 unspecified atom stereocenters. The van der Waals surface area contributed by atoms with Gasteiger partial charge in [-0.15, -0.1) is 10.2 Å². The van der Waals surface area contributed by atoms with E-state index in [1.54, 1.807) is 18.1 Å². The van der Waals surface area contributed by atoms with E-state index in [-0.39, 0.29) is 0 Å². The molecule has 1 aliphatic rings. The fraction of sp³-hybridized carbons (Fsp3) is 0.429. The van der Waals surface area contributed by atoms with Gasteiger partial charge in [-0.3, -0.25) is 0 Å². The summed E-state index contributed by atoms with van der Waals surface area (Å²) in [5, 5.41) is 10.8. The summed E-state index contributed by atoms with van der Waals surface area (Å²) in [6, 6.07) is 9.82. The van der Waals surface area contributed by atoms with Gasteiger partial charge in [0.15, 0.2) is 11.0 Å². The Labute approximate surface area is 169 Å². The first-order valence-corrected chi connectivity index (χ1v) is 10.6. The molecule has 0 aliphatic heterocycles. The molecule has 0 saturated heterocycles. The van der Waals surface area contributed by atoms with Crippen molar-refractivity contribution in [2.45, 2.75) is 62.9 Å². The highest BCUT2D eigenvalue weighted by Gasteiger charge is 2.21. The summed E-state index contributed by atoms with van der Waals surface area (Å²) < 4.78 is 8.10. The van der Waals surface area contributed by atoms with Crippen molar-refractivity contribution in [3.8, 4) is 5.75 Å². The van der Waals surface area contributed by atoms with E-state index in [4.69, 9.17) is 4.74 Å². The van der Waals surface area contributed by atoms with Crippen molar-refractivity contribution in [3.63, 3.8) is 0 Å². The van der Waals surface area contributed by atoms with Crippen LogP contribution < -0.4 is 4.74 Å². The lowest BCUT2D eigenvalue weighted by Gasteiger charge is -2.13. The third-order valence-corrected chi connectivity index (χ3v) is 5.89. The predicted molar refractivity (Wildman–Crippen MR) is 108 cm³/mol. The lowest BCUT2D eigenvalue weighted by Crippen LogP contribution is -2.10. The molecule has 4 rings (SSSR count). The number of para-hydroxylation sites is 1. The molecule has 0 fully saturated rings. The molecular formula is C21H25N5OS. The average molecular weight is 396 g/mol. The van der Waals surface area contributed by atoms with Crippen molar-refractivity contribution >= 4 is 11.8 Å². The lowest BCUT2D eigenvalue weighted by atomic mass is 10.1. The molecule has 0 amide bonds. The molecule has 3 aromatic rings. The zero-order valence-corrected chi connectivity index (χ0v) is 17.2. The summed E-state index contributed by atoms with van der Waals surface area (Å²) in [6.45, 7) is 5.73. The van der Waals surface area contributed by atoms with Gasteiger partial charge >= 0.3 is 0 Å². The number of benzene rings is 1. The largest absolute Gasteiger partial charge is 0.486 e. The molecule has 0 N–H and O–H groups in total. The first-order valence-electron chi connectivity index (χ1n) is 9.81. The standard InChI is InChI=1S/C21H25N5OS/c1-15(2)11-12-26-19(13-27-16-7-4-3-5-8-16)24-25-21(26)28-20-17-9-6-10-18(17)22-14-23-20/h3-5,7-8,14-15H,6,9-13H2,1-2H3. The third kappa shape index (κ3) is 4.35. The summed E-state index contributed by atoms with van der Waals surface area (Å²) in [5.74, 6) is 2.29. The van der Waals surface area contributed by atoms with Gasteiger partial charge in [0.25, 0.3) is 0 Å². The van der Waals surface area contributed by atoms with E-state index in [2.05, 4.69) is 38.6 Å². The summed E-state index contributed by atoms with van der Waals surface area (Å²) in [4.78, 5) is 8.95. The van der Waals surface area contributed by atoms with Crippen LogP contribution in [0.5, 0.6) is 5.75 Å². The average Bonchev–Trinajstić information content (AvgIpc) is 3.33. The monoisotopic (exact) mass is 395 g/mol. The molecule has 0 spiro atoms. The van der Waals surface area contributed by atoms with Gasteiger partial charge in [-0.25, -0.2) is 9.97 Å². The Kier molecular flexibility index (Phi) is 5.90. The highest BCUT2D eigenvalue weighted by molar-refractivity contribution is 7.99. The minimum atomic E-state index is 0.400. The van der Waals surface area contributed by atoms with Crippen molar-refractivity contribution < 1.29 is 4.74 Å². The fourth-order valence-corrected chi connectivity index (χ4v) is 4.29. The Balaban J connectivity index is 1.56. The van der Waals surface area contributed by atoms with Gasteiger partial charge in [0, 0.05) is 17.8 Å². The Bertz CT molecular complexity index is 926. The molecule has 2 aromatic heterocycles. The maximum Gasteiger partial charge on any atom is 0.197 e. The summed E-state index contributed by atoms with van der Waals surface area (Å²) in [6.07, 6.45) is 5.97. The number of rotatable bonds is 8. The van der Waals surface area contributed by atoms with E-state index in [0.717, 1.165) is 54.0 Å². The Morgan fingerprint density at radius 1 is 1.11 bits per heavy atom. The second kappa shape index (κ2) is 8.73. The highest BCUT2D eigenvalue weighted by atomic mass is 32.2. The maximum absolute atomic E-state index is 5.92. The Morgan fingerprint density at radius 2 is 1.96 bits per heavy atom. The van der Waals surface area contributed by atoms with Crippen LogP contribution >= 0.6 is 11.8 Å². The number of aryl methyl sites for hydroxylation is 1. The Morgan fingerprint density at radius 3 is 2.79 bits per heavy atom. The van der Waals surface area contributed by atoms with Crippen molar-refractivity contribution in [2.24, 2.45) is 5.92 Å². The van der Waals surface area contributed by atoms with Crippen LogP contribution in [0.3, 0.4) is 0 Å². The van der Waals surface area contributed by atoms with Gasteiger partial charge in [0.2, 0.25) is 0 Å². The summed E-state index contributed by atoms with van der Waals surface area (Å²) in [7, 11) is 0. The van der Waals surface area contributed by atoms with E-state index >= 15 is 0 Å². The quantitative estimate of drug-likeness (QED) is 0.529. The molecule has 0 bridgehead atoms. The summed E-state index contributed by atoms with van der Waals surface area (Å²) >= 11 is 1.60. The van der Waals surface area contributed by atoms with Crippen LogP contribution in [-0.2, 0) is 26.0 Å². The fourth-order valence-electron chi connectivity index (χ4n) is 3.28. The van der Waals surface area contributed by atoms with E-state index in [1.165, 1.54) is 11.3 Å². The van der Waals surface area contributed by atoms with Gasteiger partial charge in [-0.05, 0) is 55.5 Å². The molecule has 2 heterocycles. The third-order valence-electron chi connectivity index (χ3n) is 4.86. The molecule has 1 aliphatic carbocycles. The molecule has 7 heteroatoms. The van der Waals surface area contributed by atoms with Crippen LogP contribution in [0.1, 0.15) is 43.8 Å². The number of ether oxygens (including phenoxy) is 1.